The first-order chi connectivity index (χ1) is 13.9. The van der Waals surface area contributed by atoms with Crippen molar-refractivity contribution >= 4 is 23.6 Å². The number of carbonyl (C=O) groups is 2. The van der Waals surface area contributed by atoms with E-state index in [2.05, 4.69) is 5.32 Å². The number of carbonyl (C=O) groups excluding carboxylic acids is 2. The Morgan fingerprint density at radius 2 is 1.90 bits per heavy atom. The average molecular weight is 453 g/mol. The van der Waals surface area contributed by atoms with Crippen LogP contribution in [0.4, 0.5) is 26.7 Å². The second-order valence-electron chi connectivity index (χ2n) is 8.30. The topological polar surface area (TPSA) is 58.6 Å². The summed E-state index contributed by atoms with van der Waals surface area (Å²) in [5, 5.41) is 1.92. The highest BCUT2D eigenvalue weighted by atomic mass is 35.5. The van der Waals surface area contributed by atoms with Gasteiger partial charge in [0.15, 0.2) is 0 Å². The standard InChI is InChI=1S/C19H18ClF5N2O3/c20-14-3-12(1-2-13(14)19(23,24)25)18(21,22)4-10-7-27(8-10)15(28)11-5-17(6-11)9-30-16(29)26-17/h1-3,10-11H,4-9H2,(H,26,29)/t11-,17-. The number of halogens is 6. The molecule has 3 fully saturated rings. The van der Waals surface area contributed by atoms with Crippen LogP contribution in [0.1, 0.15) is 30.4 Å². The van der Waals surface area contributed by atoms with E-state index >= 15 is 0 Å². The molecule has 5 nitrogen and oxygen atoms in total. The third-order valence-corrected chi connectivity index (χ3v) is 6.29. The Morgan fingerprint density at radius 1 is 1.23 bits per heavy atom. The second-order valence-corrected chi connectivity index (χ2v) is 8.70. The van der Waals surface area contributed by atoms with Gasteiger partial charge in [0.2, 0.25) is 5.91 Å². The molecule has 2 amide bonds. The van der Waals surface area contributed by atoms with E-state index in [1.54, 1.807) is 0 Å². The zero-order chi connectivity index (χ0) is 21.9. The summed E-state index contributed by atoms with van der Waals surface area (Å²) < 4.78 is 72.2. The quantitative estimate of drug-likeness (QED) is 0.697. The van der Waals surface area contributed by atoms with E-state index in [1.807, 2.05) is 0 Å². The normalized spacial score (nSPS) is 26.8. The van der Waals surface area contributed by atoms with Crippen LogP contribution in [0, 0.1) is 11.8 Å². The molecule has 0 unspecified atom stereocenters. The highest BCUT2D eigenvalue weighted by molar-refractivity contribution is 6.31. The van der Waals surface area contributed by atoms with Gasteiger partial charge in [0.1, 0.15) is 6.61 Å². The Morgan fingerprint density at radius 3 is 2.43 bits per heavy atom. The van der Waals surface area contributed by atoms with Gasteiger partial charge >= 0.3 is 12.3 Å². The van der Waals surface area contributed by atoms with Gasteiger partial charge < -0.3 is 15.0 Å². The maximum absolute atomic E-state index is 14.5. The average Bonchev–Trinajstić information content (AvgIpc) is 2.97. The molecule has 11 heteroatoms. The lowest BCUT2D eigenvalue weighted by molar-refractivity contribution is -0.150. The lowest BCUT2D eigenvalue weighted by atomic mass is 9.68. The minimum Gasteiger partial charge on any atom is -0.447 e. The molecule has 30 heavy (non-hydrogen) atoms. The fourth-order valence-electron chi connectivity index (χ4n) is 4.36. The Bertz CT molecular complexity index is 879. The molecule has 1 N–H and O–H groups in total. The monoisotopic (exact) mass is 452 g/mol. The summed E-state index contributed by atoms with van der Waals surface area (Å²) in [7, 11) is 0. The van der Waals surface area contributed by atoms with Crippen molar-refractivity contribution in [2.24, 2.45) is 11.8 Å². The Kier molecular flexibility index (Phi) is 4.91. The molecule has 2 aliphatic heterocycles. The van der Waals surface area contributed by atoms with E-state index in [-0.39, 0.29) is 31.5 Å². The van der Waals surface area contributed by atoms with Crippen molar-refractivity contribution in [2.75, 3.05) is 19.7 Å². The van der Waals surface area contributed by atoms with Gasteiger partial charge in [-0.1, -0.05) is 17.7 Å². The number of cyclic esters (lactones) is 1. The molecule has 1 aromatic carbocycles. The lowest BCUT2D eigenvalue weighted by Gasteiger charge is -2.48. The number of benzene rings is 1. The molecule has 1 spiro atoms. The molecule has 3 aliphatic rings. The first-order valence-corrected chi connectivity index (χ1v) is 9.75. The lowest BCUT2D eigenvalue weighted by Crippen LogP contribution is -2.61. The van der Waals surface area contributed by atoms with E-state index < -0.39 is 52.2 Å². The minimum absolute atomic E-state index is 0.140. The maximum atomic E-state index is 14.5. The number of hydrogen-bond donors (Lipinski definition) is 1. The molecule has 1 aromatic rings. The molecule has 1 aliphatic carbocycles. The molecule has 0 atom stereocenters. The molecule has 0 aromatic heterocycles. The number of likely N-dealkylation sites (tertiary alicyclic amines) is 1. The third-order valence-electron chi connectivity index (χ3n) is 5.98. The predicted molar refractivity (Wildman–Crippen MR) is 95.0 cm³/mol. The summed E-state index contributed by atoms with van der Waals surface area (Å²) >= 11 is 5.55. The van der Waals surface area contributed by atoms with E-state index in [0.29, 0.717) is 25.0 Å². The van der Waals surface area contributed by atoms with Crippen molar-refractivity contribution in [3.63, 3.8) is 0 Å². The molecule has 2 saturated heterocycles. The van der Waals surface area contributed by atoms with Gasteiger partial charge in [-0.05, 0) is 25.0 Å². The number of ether oxygens (including phenoxy) is 1. The minimum atomic E-state index is -4.72. The number of alkyl halides is 5. The van der Waals surface area contributed by atoms with Gasteiger partial charge in [-0.15, -0.1) is 0 Å². The second kappa shape index (κ2) is 6.96. The van der Waals surface area contributed by atoms with Crippen molar-refractivity contribution in [1.29, 1.82) is 0 Å². The first kappa shape index (κ1) is 21.1. The fraction of sp³-hybridized carbons (Fsp3) is 0.579. The van der Waals surface area contributed by atoms with Gasteiger partial charge in [0.25, 0.3) is 5.92 Å². The van der Waals surface area contributed by atoms with Crippen LogP contribution in [0.25, 0.3) is 0 Å². The zero-order valence-electron chi connectivity index (χ0n) is 15.6. The van der Waals surface area contributed by atoms with Gasteiger partial charge in [0.05, 0.1) is 16.1 Å². The Hall–Kier alpha value is -2.10. The molecular weight excluding hydrogens is 435 g/mol. The van der Waals surface area contributed by atoms with Crippen LogP contribution in [0.2, 0.25) is 5.02 Å². The van der Waals surface area contributed by atoms with Gasteiger partial charge in [-0.2, -0.15) is 13.2 Å². The largest absolute Gasteiger partial charge is 0.447 e. The Labute approximate surface area is 173 Å². The van der Waals surface area contributed by atoms with Gasteiger partial charge in [0, 0.05) is 36.9 Å². The van der Waals surface area contributed by atoms with Crippen LogP contribution in [-0.4, -0.2) is 42.1 Å². The van der Waals surface area contributed by atoms with Crippen LogP contribution in [0.5, 0.6) is 0 Å². The van der Waals surface area contributed by atoms with Crippen molar-refractivity contribution in [2.45, 2.75) is 36.9 Å². The first-order valence-electron chi connectivity index (χ1n) is 9.37. The summed E-state index contributed by atoms with van der Waals surface area (Å²) in [6, 6.07) is 1.94. The fourth-order valence-corrected chi connectivity index (χ4v) is 4.65. The number of amides is 2. The number of nitrogens with zero attached hydrogens (tertiary/aromatic N) is 1. The molecule has 164 valence electrons. The zero-order valence-corrected chi connectivity index (χ0v) is 16.3. The summed E-state index contributed by atoms with van der Waals surface area (Å²) in [5.41, 5.74) is -2.23. The van der Waals surface area contributed by atoms with Gasteiger partial charge in [-0.3, -0.25) is 4.79 Å². The Balaban J connectivity index is 1.30. The van der Waals surface area contributed by atoms with Gasteiger partial charge in [-0.25, -0.2) is 13.6 Å². The van der Waals surface area contributed by atoms with E-state index in [4.69, 9.17) is 16.3 Å². The number of rotatable bonds is 4. The third kappa shape index (κ3) is 3.81. The predicted octanol–water partition coefficient (Wildman–Crippen LogP) is 4.19. The van der Waals surface area contributed by atoms with Crippen LogP contribution in [0.15, 0.2) is 18.2 Å². The van der Waals surface area contributed by atoms with Crippen LogP contribution in [-0.2, 0) is 21.6 Å². The summed E-state index contributed by atoms with van der Waals surface area (Å²) in [4.78, 5) is 25.1. The van der Waals surface area contributed by atoms with Crippen LogP contribution in [0.3, 0.4) is 0 Å². The number of nitrogens with one attached hydrogen (secondary N) is 1. The van der Waals surface area contributed by atoms with Crippen molar-refractivity contribution in [3.05, 3.63) is 34.3 Å². The number of hydrogen-bond acceptors (Lipinski definition) is 3. The molecule has 0 radical (unpaired) electrons. The highest BCUT2D eigenvalue weighted by Gasteiger charge is 2.54. The number of alkyl carbamates (subject to hydrolysis) is 1. The van der Waals surface area contributed by atoms with Crippen LogP contribution < -0.4 is 5.32 Å². The SMILES string of the molecule is O=C1N[C@]2(CO1)C[C@@H](C(=O)N1CC(CC(F)(F)c3ccc(C(F)(F)F)c(Cl)c3)C1)C2. The molecular formula is C19H18ClF5N2O3. The molecule has 0 bridgehead atoms. The van der Waals surface area contributed by atoms with Crippen molar-refractivity contribution in [1.82, 2.24) is 10.2 Å². The summed E-state index contributed by atoms with van der Waals surface area (Å²) in [5.74, 6) is -4.24. The van der Waals surface area contributed by atoms with Crippen LogP contribution >= 0.6 is 11.6 Å². The smallest absolute Gasteiger partial charge is 0.417 e. The summed E-state index contributed by atoms with van der Waals surface area (Å²) in [6.07, 6.45) is -4.89. The molecule has 4 rings (SSSR count). The maximum Gasteiger partial charge on any atom is 0.417 e. The molecule has 1 saturated carbocycles. The van der Waals surface area contributed by atoms with E-state index in [0.717, 1.165) is 6.07 Å². The van der Waals surface area contributed by atoms with Crippen molar-refractivity contribution in [3.8, 4) is 0 Å². The van der Waals surface area contributed by atoms with E-state index in [1.165, 1.54) is 4.90 Å². The highest BCUT2D eigenvalue weighted by Crippen LogP contribution is 2.44. The van der Waals surface area contributed by atoms with Crippen molar-refractivity contribution < 1.29 is 36.3 Å². The van der Waals surface area contributed by atoms with E-state index in [9.17, 15) is 31.5 Å². The summed E-state index contributed by atoms with van der Waals surface area (Å²) in [6.45, 7) is 0.546. The molecule has 2 heterocycles.